The van der Waals surface area contributed by atoms with Gasteiger partial charge in [0.25, 0.3) is 0 Å². The second-order valence-electron chi connectivity index (χ2n) is 5.15. The summed E-state index contributed by atoms with van der Waals surface area (Å²) >= 11 is 0.592. The van der Waals surface area contributed by atoms with E-state index in [1.165, 1.54) is 10.9 Å². The van der Waals surface area contributed by atoms with Crippen molar-refractivity contribution >= 4 is 23.6 Å². The van der Waals surface area contributed by atoms with Crippen molar-refractivity contribution in [2.24, 2.45) is 7.05 Å². The van der Waals surface area contributed by atoms with Crippen molar-refractivity contribution in [2.45, 2.75) is 31.4 Å². The average molecular weight is 330 g/mol. The Labute approximate surface area is 128 Å². The summed E-state index contributed by atoms with van der Waals surface area (Å²) in [6, 6.07) is 0. The molecular weight excluding hydrogens is 317 g/mol. The van der Waals surface area contributed by atoms with E-state index in [4.69, 9.17) is 0 Å². The van der Waals surface area contributed by atoms with Crippen LogP contribution < -0.4 is 5.32 Å². The first-order valence-electron chi connectivity index (χ1n) is 6.72. The molecule has 2 aromatic heterocycles. The highest BCUT2D eigenvalue weighted by molar-refractivity contribution is 7.15. The van der Waals surface area contributed by atoms with Crippen molar-refractivity contribution in [2.75, 3.05) is 5.32 Å². The van der Waals surface area contributed by atoms with Gasteiger partial charge in [-0.3, -0.25) is 9.48 Å². The quantitative estimate of drug-likeness (QED) is 0.874. The number of aromatic nitrogens is 3. The number of amides is 1. The number of anilines is 1. The van der Waals surface area contributed by atoms with E-state index in [2.05, 4.69) is 15.4 Å². The van der Waals surface area contributed by atoms with Gasteiger partial charge in [0.05, 0.1) is 10.6 Å². The smallest absolute Gasteiger partial charge is 0.312 e. The Hall–Kier alpha value is -1.90. The fraction of sp³-hybridized carbons (Fsp3) is 0.462. The summed E-state index contributed by atoms with van der Waals surface area (Å²) in [4.78, 5) is 14.6. The molecule has 5 nitrogen and oxygen atoms in total. The van der Waals surface area contributed by atoms with E-state index in [9.17, 15) is 18.0 Å². The van der Waals surface area contributed by atoms with Crippen LogP contribution in [0.4, 0.5) is 19.0 Å². The number of carbonyl (C=O) groups is 1. The molecule has 2 aromatic rings. The minimum atomic E-state index is -4.46. The van der Waals surface area contributed by atoms with Crippen molar-refractivity contribution in [3.05, 3.63) is 16.8 Å². The SMILES string of the molecule is Cn1nc(NC=O)c(C2CCC2)c1-c1cnc(C(F)(F)F)s1. The normalized spacial score (nSPS) is 15.6. The molecule has 22 heavy (non-hydrogen) atoms. The van der Waals surface area contributed by atoms with Gasteiger partial charge < -0.3 is 5.32 Å². The number of alkyl halides is 3. The maximum absolute atomic E-state index is 12.7. The van der Waals surface area contributed by atoms with Crippen molar-refractivity contribution < 1.29 is 18.0 Å². The fourth-order valence-electron chi connectivity index (χ4n) is 2.59. The predicted molar refractivity (Wildman–Crippen MR) is 75.6 cm³/mol. The number of halogens is 3. The van der Waals surface area contributed by atoms with E-state index >= 15 is 0 Å². The van der Waals surface area contributed by atoms with Crippen LogP contribution >= 0.6 is 11.3 Å². The van der Waals surface area contributed by atoms with Gasteiger partial charge in [-0.25, -0.2) is 4.98 Å². The summed E-state index contributed by atoms with van der Waals surface area (Å²) in [5, 5.41) is 5.88. The van der Waals surface area contributed by atoms with Crippen LogP contribution in [-0.2, 0) is 18.0 Å². The van der Waals surface area contributed by atoms with Crippen LogP contribution in [0.5, 0.6) is 0 Å². The first kappa shape index (κ1) is 15.0. The standard InChI is InChI=1S/C13H13F3N4OS/c1-20-10(8-5-17-12(22-8)13(14,15)16)9(7-3-2-4-7)11(19-20)18-6-21/h5-7H,2-4H2,1H3,(H,18,19,21). The maximum atomic E-state index is 12.7. The molecule has 0 unspecified atom stereocenters. The zero-order valence-corrected chi connectivity index (χ0v) is 12.5. The molecule has 0 saturated heterocycles. The first-order chi connectivity index (χ1) is 10.4. The van der Waals surface area contributed by atoms with Crippen molar-refractivity contribution in [3.63, 3.8) is 0 Å². The Morgan fingerprint density at radius 1 is 1.45 bits per heavy atom. The second-order valence-corrected chi connectivity index (χ2v) is 6.18. The third-order valence-corrected chi connectivity index (χ3v) is 4.82. The molecule has 1 fully saturated rings. The van der Waals surface area contributed by atoms with E-state index in [0.29, 0.717) is 34.1 Å². The van der Waals surface area contributed by atoms with E-state index < -0.39 is 11.2 Å². The van der Waals surface area contributed by atoms with E-state index in [0.717, 1.165) is 24.8 Å². The number of nitrogens with one attached hydrogen (secondary N) is 1. The van der Waals surface area contributed by atoms with Crippen LogP contribution in [0.2, 0.25) is 0 Å². The lowest BCUT2D eigenvalue weighted by molar-refractivity contribution is -0.137. The average Bonchev–Trinajstić information content (AvgIpc) is 2.93. The van der Waals surface area contributed by atoms with Gasteiger partial charge in [0.2, 0.25) is 6.41 Å². The Bertz CT molecular complexity index is 703. The lowest BCUT2D eigenvalue weighted by Gasteiger charge is -2.26. The number of thiazole rings is 1. The molecule has 1 aliphatic rings. The van der Waals surface area contributed by atoms with Crippen LogP contribution in [0.15, 0.2) is 6.20 Å². The summed E-state index contributed by atoms with van der Waals surface area (Å²) in [5.74, 6) is 0.627. The van der Waals surface area contributed by atoms with Gasteiger partial charge in [-0.15, -0.1) is 11.3 Å². The first-order valence-corrected chi connectivity index (χ1v) is 7.54. The number of hydrogen-bond acceptors (Lipinski definition) is 4. The topological polar surface area (TPSA) is 59.8 Å². The molecule has 2 heterocycles. The molecule has 1 amide bonds. The number of hydrogen-bond donors (Lipinski definition) is 1. The van der Waals surface area contributed by atoms with Crippen molar-refractivity contribution in [1.82, 2.24) is 14.8 Å². The van der Waals surface area contributed by atoms with Gasteiger partial charge in [0.15, 0.2) is 10.8 Å². The van der Waals surface area contributed by atoms with Crippen LogP contribution in [0, 0.1) is 0 Å². The van der Waals surface area contributed by atoms with Gasteiger partial charge in [-0.05, 0) is 18.8 Å². The molecule has 0 aliphatic heterocycles. The van der Waals surface area contributed by atoms with Gasteiger partial charge in [-0.1, -0.05) is 6.42 Å². The molecule has 3 rings (SSSR count). The summed E-state index contributed by atoms with van der Waals surface area (Å²) in [6.07, 6.45) is 0.242. The highest BCUT2D eigenvalue weighted by atomic mass is 32.1. The summed E-state index contributed by atoms with van der Waals surface area (Å²) in [6.45, 7) is 0. The summed E-state index contributed by atoms with van der Waals surface area (Å²) < 4.78 is 39.7. The molecule has 0 bridgehead atoms. The molecule has 1 N–H and O–H groups in total. The zero-order chi connectivity index (χ0) is 15.9. The lowest BCUT2D eigenvalue weighted by atomic mass is 9.79. The third-order valence-electron chi connectivity index (χ3n) is 3.77. The number of aryl methyl sites for hydroxylation is 1. The van der Waals surface area contributed by atoms with Gasteiger partial charge in [0, 0.05) is 18.8 Å². The van der Waals surface area contributed by atoms with Crippen molar-refractivity contribution in [3.8, 4) is 10.6 Å². The lowest BCUT2D eigenvalue weighted by Crippen LogP contribution is -2.11. The second kappa shape index (κ2) is 5.38. The van der Waals surface area contributed by atoms with Crippen LogP contribution in [0.25, 0.3) is 10.6 Å². The largest absolute Gasteiger partial charge is 0.443 e. The predicted octanol–water partition coefficient (Wildman–Crippen LogP) is 3.40. The Kier molecular flexibility index (Phi) is 3.67. The van der Waals surface area contributed by atoms with Crippen molar-refractivity contribution in [1.29, 1.82) is 0 Å². The van der Waals surface area contributed by atoms with E-state index in [1.807, 2.05) is 0 Å². The number of carbonyl (C=O) groups excluding carboxylic acids is 1. The highest BCUT2D eigenvalue weighted by Crippen LogP contribution is 2.46. The number of rotatable bonds is 4. The van der Waals surface area contributed by atoms with Crippen LogP contribution in [-0.4, -0.2) is 21.2 Å². The molecule has 0 radical (unpaired) electrons. The molecule has 9 heteroatoms. The van der Waals surface area contributed by atoms with E-state index in [-0.39, 0.29) is 5.92 Å². The zero-order valence-electron chi connectivity index (χ0n) is 11.6. The monoisotopic (exact) mass is 330 g/mol. The minimum absolute atomic E-state index is 0.211. The Balaban J connectivity index is 2.09. The van der Waals surface area contributed by atoms with Gasteiger partial charge >= 0.3 is 6.18 Å². The van der Waals surface area contributed by atoms with Gasteiger partial charge in [0.1, 0.15) is 0 Å². The molecule has 0 spiro atoms. The van der Waals surface area contributed by atoms with Gasteiger partial charge in [-0.2, -0.15) is 18.3 Å². The summed E-state index contributed by atoms with van der Waals surface area (Å²) in [5.41, 5.74) is 1.40. The minimum Gasteiger partial charge on any atom is -0.312 e. The Morgan fingerprint density at radius 3 is 2.68 bits per heavy atom. The summed E-state index contributed by atoms with van der Waals surface area (Å²) in [7, 11) is 1.65. The highest BCUT2D eigenvalue weighted by Gasteiger charge is 2.36. The maximum Gasteiger partial charge on any atom is 0.443 e. The Morgan fingerprint density at radius 2 is 2.18 bits per heavy atom. The van der Waals surface area contributed by atoms with Crippen LogP contribution in [0.1, 0.15) is 35.8 Å². The molecule has 0 atom stereocenters. The molecule has 0 aromatic carbocycles. The van der Waals surface area contributed by atoms with E-state index in [1.54, 1.807) is 7.05 Å². The third kappa shape index (κ3) is 2.49. The fourth-order valence-corrected chi connectivity index (χ4v) is 3.47. The molecule has 118 valence electrons. The van der Waals surface area contributed by atoms with Crippen LogP contribution in [0.3, 0.4) is 0 Å². The number of nitrogens with zero attached hydrogens (tertiary/aromatic N) is 3. The molecule has 1 saturated carbocycles. The molecular formula is C13H13F3N4OS. The molecule has 1 aliphatic carbocycles.